The molecule has 4 aromatic rings. The van der Waals surface area contributed by atoms with Crippen LogP contribution in [0.25, 0.3) is 22.2 Å². The first-order valence-corrected chi connectivity index (χ1v) is 9.61. The molecule has 5 rings (SSSR count). The quantitative estimate of drug-likeness (QED) is 0.462. The molecule has 0 N–H and O–H groups in total. The van der Waals surface area contributed by atoms with Crippen molar-refractivity contribution < 1.29 is 18.0 Å². The van der Waals surface area contributed by atoms with Crippen LogP contribution in [0.2, 0.25) is 0 Å². The van der Waals surface area contributed by atoms with E-state index >= 15 is 0 Å². The molecule has 0 aliphatic carbocycles. The van der Waals surface area contributed by atoms with E-state index < -0.39 is 17.5 Å². The molecule has 0 spiro atoms. The van der Waals surface area contributed by atoms with Gasteiger partial charge in [-0.2, -0.15) is 5.10 Å². The molecular weight excluding hydrogens is 407 g/mol. The summed E-state index contributed by atoms with van der Waals surface area (Å²) in [5.74, 6) is -4.23. The van der Waals surface area contributed by atoms with Gasteiger partial charge in [-0.05, 0) is 30.7 Å². The number of hydrogen-bond acceptors (Lipinski definition) is 4. The lowest BCUT2D eigenvalue weighted by molar-refractivity contribution is 0.0734. The van der Waals surface area contributed by atoms with E-state index in [0.29, 0.717) is 35.4 Å². The van der Waals surface area contributed by atoms with Crippen molar-refractivity contribution in [2.24, 2.45) is 7.05 Å². The average Bonchev–Trinajstić information content (AvgIpc) is 3.11. The van der Waals surface area contributed by atoms with Crippen molar-refractivity contribution in [2.45, 2.75) is 13.0 Å². The molecule has 1 aliphatic heterocycles. The van der Waals surface area contributed by atoms with Gasteiger partial charge in [0.2, 0.25) is 0 Å². The first kappa shape index (κ1) is 19.2. The minimum Gasteiger partial charge on any atom is -0.332 e. The molecule has 156 valence electrons. The van der Waals surface area contributed by atoms with Crippen LogP contribution < -0.4 is 0 Å². The molecule has 0 bridgehead atoms. The zero-order chi connectivity index (χ0) is 21.7. The van der Waals surface area contributed by atoms with Crippen LogP contribution in [0.15, 0.2) is 42.9 Å². The number of benzene rings is 1. The summed E-state index contributed by atoms with van der Waals surface area (Å²) in [6.07, 6.45) is 5.22. The van der Waals surface area contributed by atoms with Gasteiger partial charge < -0.3 is 4.90 Å². The molecule has 0 saturated heterocycles. The maximum atomic E-state index is 13.8. The van der Waals surface area contributed by atoms with Crippen molar-refractivity contribution in [2.75, 3.05) is 6.54 Å². The van der Waals surface area contributed by atoms with E-state index in [4.69, 9.17) is 0 Å². The Bertz CT molecular complexity index is 1320. The van der Waals surface area contributed by atoms with Crippen molar-refractivity contribution in [3.63, 3.8) is 0 Å². The van der Waals surface area contributed by atoms with Crippen molar-refractivity contribution >= 4 is 16.8 Å². The summed E-state index contributed by atoms with van der Waals surface area (Å²) in [5.41, 5.74) is 3.10. The predicted octanol–water partition coefficient (Wildman–Crippen LogP) is 3.65. The highest BCUT2D eigenvalue weighted by atomic mass is 19.2. The average molecular weight is 423 g/mol. The maximum Gasteiger partial charge on any atom is 0.258 e. The van der Waals surface area contributed by atoms with E-state index in [2.05, 4.69) is 15.1 Å². The minimum absolute atomic E-state index is 0.204. The Morgan fingerprint density at radius 1 is 1.13 bits per heavy atom. The minimum atomic E-state index is -1.51. The molecule has 0 unspecified atom stereocenters. The fraction of sp³-hybridized carbons (Fsp3) is 0.182. The van der Waals surface area contributed by atoms with Crippen LogP contribution in [0.4, 0.5) is 13.2 Å². The number of halogens is 3. The third kappa shape index (κ3) is 3.13. The Morgan fingerprint density at radius 2 is 1.90 bits per heavy atom. The van der Waals surface area contributed by atoms with Crippen LogP contribution in [0.5, 0.6) is 0 Å². The molecule has 0 radical (unpaired) electrons. The number of nitrogens with zero attached hydrogens (tertiary/aromatic N) is 5. The first-order chi connectivity index (χ1) is 14.9. The standard InChI is InChI=1S/C22H16F3N5O/c1-29-21(13-7-16(23)19(25)17(24)8-13)14-4-6-30(11-18(14)28-29)22(31)15-10-26-9-12-3-2-5-27-20(12)15/h2-3,5,7-10H,4,6,11H2,1H3. The van der Waals surface area contributed by atoms with Crippen molar-refractivity contribution in [3.8, 4) is 11.3 Å². The summed E-state index contributed by atoms with van der Waals surface area (Å²) in [6.45, 7) is 0.622. The molecule has 1 amide bonds. The van der Waals surface area contributed by atoms with E-state index in [9.17, 15) is 18.0 Å². The molecule has 1 aromatic carbocycles. The van der Waals surface area contributed by atoms with Gasteiger partial charge in [-0.3, -0.25) is 19.4 Å². The molecule has 4 heterocycles. The SMILES string of the molecule is Cn1nc2c(c1-c1cc(F)c(F)c(F)c1)CCN(C(=O)c1cncc3cccnc13)C2. The van der Waals surface area contributed by atoms with E-state index in [-0.39, 0.29) is 18.0 Å². The van der Waals surface area contributed by atoms with Crippen LogP contribution in [-0.4, -0.2) is 37.1 Å². The van der Waals surface area contributed by atoms with Crippen molar-refractivity contribution in [3.05, 3.63) is 77.1 Å². The smallest absolute Gasteiger partial charge is 0.258 e. The summed E-state index contributed by atoms with van der Waals surface area (Å²) in [7, 11) is 1.65. The molecular formula is C22H16F3N5O. The molecule has 3 aromatic heterocycles. The van der Waals surface area contributed by atoms with Gasteiger partial charge in [-0.15, -0.1) is 0 Å². The van der Waals surface area contributed by atoms with Gasteiger partial charge in [0.1, 0.15) is 0 Å². The summed E-state index contributed by atoms with van der Waals surface area (Å²) < 4.78 is 42.4. The monoisotopic (exact) mass is 423 g/mol. The summed E-state index contributed by atoms with van der Waals surface area (Å²) in [6, 6.07) is 5.54. The van der Waals surface area contributed by atoms with Crippen molar-refractivity contribution in [1.29, 1.82) is 0 Å². The summed E-state index contributed by atoms with van der Waals surface area (Å²) >= 11 is 0. The molecule has 31 heavy (non-hydrogen) atoms. The van der Waals surface area contributed by atoms with E-state index in [0.717, 1.165) is 23.1 Å². The Kier molecular flexibility index (Phi) is 4.46. The number of aryl methyl sites for hydroxylation is 1. The highest BCUT2D eigenvalue weighted by Crippen LogP contribution is 2.32. The highest BCUT2D eigenvalue weighted by molar-refractivity contribution is 6.04. The van der Waals surface area contributed by atoms with Crippen LogP contribution in [0.1, 0.15) is 21.6 Å². The molecule has 6 nitrogen and oxygen atoms in total. The van der Waals surface area contributed by atoms with Gasteiger partial charge in [0.15, 0.2) is 17.5 Å². The van der Waals surface area contributed by atoms with E-state index in [1.807, 2.05) is 6.07 Å². The van der Waals surface area contributed by atoms with Crippen molar-refractivity contribution in [1.82, 2.24) is 24.6 Å². The third-order valence-corrected chi connectivity index (χ3v) is 5.49. The van der Waals surface area contributed by atoms with Crippen LogP contribution >= 0.6 is 0 Å². The van der Waals surface area contributed by atoms with Crippen LogP contribution in [-0.2, 0) is 20.0 Å². The van der Waals surface area contributed by atoms with E-state index in [1.54, 1.807) is 30.4 Å². The van der Waals surface area contributed by atoms with Gasteiger partial charge in [-0.1, -0.05) is 0 Å². The van der Waals surface area contributed by atoms with Gasteiger partial charge in [0, 0.05) is 48.7 Å². The first-order valence-electron chi connectivity index (χ1n) is 9.61. The van der Waals surface area contributed by atoms with E-state index in [1.165, 1.54) is 10.9 Å². The number of carbonyl (C=O) groups is 1. The zero-order valence-corrected chi connectivity index (χ0v) is 16.4. The van der Waals surface area contributed by atoms with Gasteiger partial charge in [-0.25, -0.2) is 13.2 Å². The second-order valence-corrected chi connectivity index (χ2v) is 7.39. The molecule has 1 aliphatic rings. The molecule has 0 atom stereocenters. The zero-order valence-electron chi connectivity index (χ0n) is 16.4. The Hall–Kier alpha value is -3.75. The number of rotatable bonds is 2. The fourth-order valence-electron chi connectivity index (χ4n) is 4.07. The number of amides is 1. The molecule has 0 fully saturated rings. The number of pyridine rings is 2. The number of aromatic nitrogens is 4. The Morgan fingerprint density at radius 3 is 2.68 bits per heavy atom. The van der Waals surface area contributed by atoms with Gasteiger partial charge in [0.05, 0.1) is 29.0 Å². The molecule has 0 saturated carbocycles. The predicted molar refractivity (Wildman–Crippen MR) is 107 cm³/mol. The largest absolute Gasteiger partial charge is 0.332 e. The number of fused-ring (bicyclic) bond motifs is 2. The lowest BCUT2D eigenvalue weighted by Gasteiger charge is -2.27. The Balaban J connectivity index is 1.50. The van der Waals surface area contributed by atoms with Crippen LogP contribution in [0.3, 0.4) is 0 Å². The lowest BCUT2D eigenvalue weighted by atomic mass is 9.99. The second-order valence-electron chi connectivity index (χ2n) is 7.39. The normalized spacial score (nSPS) is 13.5. The molecule has 9 heteroatoms. The van der Waals surface area contributed by atoms with Gasteiger partial charge >= 0.3 is 0 Å². The Labute approximate surface area is 175 Å². The van der Waals surface area contributed by atoms with Crippen LogP contribution in [0, 0.1) is 17.5 Å². The maximum absolute atomic E-state index is 13.8. The highest BCUT2D eigenvalue weighted by Gasteiger charge is 2.29. The summed E-state index contributed by atoms with van der Waals surface area (Å²) in [5, 5.41) is 5.22. The van der Waals surface area contributed by atoms with Gasteiger partial charge in [0.25, 0.3) is 5.91 Å². The summed E-state index contributed by atoms with van der Waals surface area (Å²) in [4.78, 5) is 23.3. The fourth-order valence-corrected chi connectivity index (χ4v) is 4.07. The second kappa shape index (κ2) is 7.19. The topological polar surface area (TPSA) is 63.9 Å². The lowest BCUT2D eigenvalue weighted by Crippen LogP contribution is -2.36. The third-order valence-electron chi connectivity index (χ3n) is 5.49. The number of hydrogen-bond donors (Lipinski definition) is 0. The number of carbonyl (C=O) groups excluding carboxylic acids is 1.